The summed E-state index contributed by atoms with van der Waals surface area (Å²) in [5.74, 6) is -0.337. The number of nitrogens with two attached hydrogens (primary N) is 1. The molecule has 0 saturated carbocycles. The van der Waals surface area contributed by atoms with Gasteiger partial charge in [-0.15, -0.1) is 0 Å². The van der Waals surface area contributed by atoms with Crippen LogP contribution in [0.4, 0.5) is 5.82 Å². The number of Topliss-reactive ketones (excluding diaryl/α,β-unsaturated/α-hetero) is 1. The Kier molecular flexibility index (Phi) is 7.88. The van der Waals surface area contributed by atoms with Crippen molar-refractivity contribution < 1.29 is 4.79 Å². The number of rotatable bonds is 7. The number of nitrogen functional groups attached to an aromatic ring is 1. The van der Waals surface area contributed by atoms with Crippen LogP contribution >= 0.6 is 24.0 Å². The third kappa shape index (κ3) is 4.94. The smallest absolute Gasteiger partial charge is 0.332 e. The fraction of sp³-hybridized carbons (Fsp3) is 0.625. The molecule has 0 bridgehead atoms. The van der Waals surface area contributed by atoms with E-state index >= 15 is 0 Å². The second-order valence-electron chi connectivity index (χ2n) is 6.06. The Balaban J connectivity index is 3.18. The van der Waals surface area contributed by atoms with Crippen LogP contribution in [0.15, 0.2) is 9.59 Å². The molecule has 0 atom stereocenters. The molecule has 0 aliphatic heterocycles. The molecule has 1 aromatic heterocycles. The van der Waals surface area contributed by atoms with Gasteiger partial charge in [0, 0.05) is 26.7 Å². The first-order valence-corrected chi connectivity index (χ1v) is 9.59. The average Bonchev–Trinajstić information content (AvgIpc) is 2.56. The summed E-state index contributed by atoms with van der Waals surface area (Å²) in [7, 11) is 1.35. The topological polar surface area (TPSA) is 90.3 Å². The molecule has 0 spiro atoms. The highest BCUT2D eigenvalue weighted by atomic mass is 32.2. The Bertz CT molecular complexity index is 764. The minimum absolute atomic E-state index is 0.00859. The Morgan fingerprint density at radius 2 is 1.84 bits per heavy atom. The highest BCUT2D eigenvalue weighted by Gasteiger charge is 2.22. The van der Waals surface area contributed by atoms with Crippen molar-refractivity contribution in [3.05, 3.63) is 26.4 Å². The summed E-state index contributed by atoms with van der Waals surface area (Å²) in [5.41, 5.74) is 4.68. The van der Waals surface area contributed by atoms with Crippen molar-refractivity contribution in [2.45, 2.75) is 34.2 Å². The van der Waals surface area contributed by atoms with Gasteiger partial charge >= 0.3 is 5.69 Å². The maximum absolute atomic E-state index is 12.6. The maximum Gasteiger partial charge on any atom is 0.332 e. The lowest BCUT2D eigenvalue weighted by Gasteiger charge is -2.20. The van der Waals surface area contributed by atoms with Crippen molar-refractivity contribution in [3.63, 3.8) is 0 Å². The largest absolute Gasteiger partial charge is 0.384 e. The molecule has 1 heterocycles. The van der Waals surface area contributed by atoms with Crippen molar-refractivity contribution in [1.29, 1.82) is 0 Å². The van der Waals surface area contributed by atoms with Gasteiger partial charge in [0.15, 0.2) is 5.78 Å². The number of nitrogens with zero attached hydrogens (tertiary/aromatic N) is 3. The van der Waals surface area contributed by atoms with E-state index in [0.29, 0.717) is 10.9 Å². The van der Waals surface area contributed by atoms with Gasteiger partial charge in [0.2, 0.25) is 0 Å². The van der Waals surface area contributed by atoms with E-state index in [1.165, 1.54) is 23.4 Å². The zero-order valence-electron chi connectivity index (χ0n) is 15.4. The highest BCUT2D eigenvalue weighted by molar-refractivity contribution is 8.23. The van der Waals surface area contributed by atoms with Crippen molar-refractivity contribution >= 4 is 39.9 Å². The lowest BCUT2D eigenvalue weighted by molar-refractivity contribution is 0.102. The van der Waals surface area contributed by atoms with Gasteiger partial charge in [-0.25, -0.2) is 4.79 Å². The Labute approximate surface area is 157 Å². The standard InChI is InChI=1S/C16H26N4O3S2/c1-6-19(7-2)16(24)25-9-11(21)12-13(17)20(8-10(3)4)15(23)18(5)14(12)22/h10H,6-9,17H2,1-5H3. The number of anilines is 1. The summed E-state index contributed by atoms with van der Waals surface area (Å²) in [5, 5.41) is 0. The minimum Gasteiger partial charge on any atom is -0.384 e. The zero-order valence-corrected chi connectivity index (χ0v) is 17.0. The lowest BCUT2D eigenvalue weighted by Crippen LogP contribution is -2.43. The molecule has 0 fully saturated rings. The monoisotopic (exact) mass is 386 g/mol. The van der Waals surface area contributed by atoms with E-state index < -0.39 is 17.0 Å². The van der Waals surface area contributed by atoms with Crippen molar-refractivity contribution in [2.75, 3.05) is 24.6 Å². The molecular weight excluding hydrogens is 360 g/mol. The van der Waals surface area contributed by atoms with E-state index in [-0.39, 0.29) is 23.1 Å². The summed E-state index contributed by atoms with van der Waals surface area (Å²) < 4.78 is 2.82. The predicted octanol–water partition coefficient (Wildman–Crippen LogP) is 1.33. The third-order valence-corrected chi connectivity index (χ3v) is 5.28. The average molecular weight is 387 g/mol. The number of hydrogen-bond donors (Lipinski definition) is 1. The minimum atomic E-state index is -0.665. The van der Waals surface area contributed by atoms with Crippen LogP contribution in [0, 0.1) is 5.92 Å². The second-order valence-corrected chi connectivity index (χ2v) is 7.67. The molecule has 7 nitrogen and oxygen atoms in total. The van der Waals surface area contributed by atoms with E-state index in [9.17, 15) is 14.4 Å². The molecule has 9 heteroatoms. The van der Waals surface area contributed by atoms with Crippen LogP contribution in [0.3, 0.4) is 0 Å². The summed E-state index contributed by atoms with van der Waals surface area (Å²) in [4.78, 5) is 39.2. The summed E-state index contributed by atoms with van der Waals surface area (Å²) in [6.07, 6.45) is 0. The quantitative estimate of drug-likeness (QED) is 0.558. The third-order valence-electron chi connectivity index (χ3n) is 3.76. The molecule has 1 aromatic rings. The molecule has 0 radical (unpaired) electrons. The van der Waals surface area contributed by atoms with E-state index in [2.05, 4.69) is 0 Å². The SMILES string of the molecule is CCN(CC)C(=S)SCC(=O)c1c(N)n(CC(C)C)c(=O)n(C)c1=O. The molecule has 2 N–H and O–H groups in total. The molecule has 0 unspecified atom stereocenters. The van der Waals surface area contributed by atoms with Crippen LogP contribution in [-0.2, 0) is 13.6 Å². The number of ketones is 1. The van der Waals surface area contributed by atoms with E-state index in [1.54, 1.807) is 0 Å². The van der Waals surface area contributed by atoms with Crippen LogP contribution in [0.5, 0.6) is 0 Å². The van der Waals surface area contributed by atoms with E-state index in [0.717, 1.165) is 17.7 Å². The predicted molar refractivity (Wildman–Crippen MR) is 108 cm³/mol. The molecule has 0 aliphatic rings. The molecule has 0 aliphatic carbocycles. The second kappa shape index (κ2) is 9.19. The number of hydrogen-bond acceptors (Lipinski definition) is 6. The van der Waals surface area contributed by atoms with Crippen LogP contribution < -0.4 is 17.0 Å². The lowest BCUT2D eigenvalue weighted by atomic mass is 10.2. The number of thioether (sulfide) groups is 1. The molecule has 140 valence electrons. The van der Waals surface area contributed by atoms with Crippen LogP contribution in [0.25, 0.3) is 0 Å². The van der Waals surface area contributed by atoms with E-state index in [1.807, 2.05) is 32.6 Å². The Hall–Kier alpha value is -1.61. The van der Waals surface area contributed by atoms with Gasteiger partial charge in [-0.1, -0.05) is 37.8 Å². The van der Waals surface area contributed by atoms with Gasteiger partial charge in [-0.3, -0.25) is 18.7 Å². The molecule has 0 amide bonds. The number of carbonyl (C=O) groups is 1. The van der Waals surface area contributed by atoms with Gasteiger partial charge in [0.1, 0.15) is 15.7 Å². The van der Waals surface area contributed by atoms with E-state index in [4.69, 9.17) is 18.0 Å². The number of carbonyl (C=O) groups excluding carboxylic acids is 1. The van der Waals surface area contributed by atoms with Crippen LogP contribution in [0.1, 0.15) is 38.1 Å². The number of thiocarbonyl (C=S) groups is 1. The molecule has 0 aromatic carbocycles. The van der Waals surface area contributed by atoms with Crippen molar-refractivity contribution in [1.82, 2.24) is 14.0 Å². The zero-order chi connectivity index (χ0) is 19.3. The molecule has 0 saturated heterocycles. The Morgan fingerprint density at radius 3 is 2.32 bits per heavy atom. The highest BCUT2D eigenvalue weighted by Crippen LogP contribution is 2.14. The first-order valence-electron chi connectivity index (χ1n) is 8.19. The first kappa shape index (κ1) is 21.4. The van der Waals surface area contributed by atoms with Gasteiger partial charge in [-0.2, -0.15) is 0 Å². The molecule has 1 rings (SSSR count). The fourth-order valence-electron chi connectivity index (χ4n) is 2.36. The summed E-state index contributed by atoms with van der Waals surface area (Å²) in [6.45, 7) is 9.65. The maximum atomic E-state index is 12.6. The first-order chi connectivity index (χ1) is 11.6. The Morgan fingerprint density at radius 1 is 1.28 bits per heavy atom. The van der Waals surface area contributed by atoms with Gasteiger partial charge in [0.25, 0.3) is 5.56 Å². The van der Waals surface area contributed by atoms with Gasteiger partial charge in [0.05, 0.1) is 5.75 Å². The van der Waals surface area contributed by atoms with Crippen molar-refractivity contribution in [3.8, 4) is 0 Å². The number of aromatic nitrogens is 2. The van der Waals surface area contributed by atoms with Crippen LogP contribution in [-0.4, -0.2) is 43.0 Å². The van der Waals surface area contributed by atoms with Gasteiger partial charge < -0.3 is 10.6 Å². The molecular formula is C16H26N4O3S2. The summed E-state index contributed by atoms with van der Waals surface area (Å²) in [6, 6.07) is 0. The van der Waals surface area contributed by atoms with Crippen LogP contribution in [0.2, 0.25) is 0 Å². The molecule has 25 heavy (non-hydrogen) atoms. The van der Waals surface area contributed by atoms with Crippen molar-refractivity contribution in [2.24, 2.45) is 13.0 Å². The summed E-state index contributed by atoms with van der Waals surface area (Å²) >= 11 is 6.50. The van der Waals surface area contributed by atoms with Gasteiger partial charge in [-0.05, 0) is 19.8 Å². The fourth-order valence-corrected chi connectivity index (χ4v) is 3.63. The normalized spacial score (nSPS) is 11.0.